The first-order valence-electron chi connectivity index (χ1n) is 8.16. The molecule has 0 aliphatic carbocycles. The number of carbonyl (C=O) groups is 4. The minimum atomic E-state index is -1.48. The zero-order valence-electron chi connectivity index (χ0n) is 15.3. The fourth-order valence-electron chi connectivity index (χ4n) is 2.19. The molecular formula is C15H26N4O4. The molecule has 0 aromatic heterocycles. The molecule has 0 aromatic carbocycles. The molecule has 4 amide bonds. The Morgan fingerprint density at radius 3 is 2.43 bits per heavy atom. The topological polar surface area (TPSA) is 98.8 Å². The van der Waals surface area contributed by atoms with Gasteiger partial charge in [-0.3, -0.25) is 19.2 Å². The Kier molecular flexibility index (Phi) is 5.95. The van der Waals surface area contributed by atoms with E-state index in [2.05, 4.69) is 10.6 Å². The van der Waals surface area contributed by atoms with Gasteiger partial charge < -0.3 is 20.4 Å². The summed E-state index contributed by atoms with van der Waals surface area (Å²) in [6.45, 7) is 3.53. The smallest absolute Gasteiger partial charge is 0.245 e. The third kappa shape index (κ3) is 5.22. The second kappa shape index (κ2) is 7.94. The summed E-state index contributed by atoms with van der Waals surface area (Å²) < 4.78 is 8.02. The molecule has 1 aliphatic heterocycles. The Labute approximate surface area is 138 Å². The Hall–Kier alpha value is -2.12. The van der Waals surface area contributed by atoms with E-state index in [0.717, 1.165) is 9.80 Å². The highest BCUT2D eigenvalue weighted by molar-refractivity contribution is 5.95. The van der Waals surface area contributed by atoms with Crippen molar-refractivity contribution in [1.29, 1.82) is 0 Å². The Morgan fingerprint density at radius 1 is 1.26 bits per heavy atom. The van der Waals surface area contributed by atoms with Gasteiger partial charge in [-0.15, -0.1) is 0 Å². The van der Waals surface area contributed by atoms with Gasteiger partial charge in [0, 0.05) is 14.1 Å². The van der Waals surface area contributed by atoms with Gasteiger partial charge in [-0.25, -0.2) is 0 Å². The molecule has 0 bridgehead atoms. The van der Waals surface area contributed by atoms with Crippen LogP contribution in [-0.4, -0.2) is 72.7 Å². The lowest BCUT2D eigenvalue weighted by Crippen LogP contribution is -2.56. The van der Waals surface area contributed by atoms with Crippen LogP contribution in [0, 0.1) is 5.92 Å². The number of nitrogens with zero attached hydrogens (tertiary/aromatic N) is 2. The van der Waals surface area contributed by atoms with Crippen LogP contribution in [-0.2, 0) is 19.2 Å². The number of amides is 4. The fraction of sp³-hybridized carbons (Fsp3) is 0.733. The molecule has 1 fully saturated rings. The van der Waals surface area contributed by atoms with E-state index in [4.69, 9.17) is 1.37 Å². The van der Waals surface area contributed by atoms with E-state index in [1.54, 1.807) is 0 Å². The Morgan fingerprint density at radius 2 is 1.87 bits per heavy atom. The average molecular weight is 327 g/mol. The molecule has 2 N–H and O–H groups in total. The molecule has 0 unspecified atom stereocenters. The predicted octanol–water partition coefficient (Wildman–Crippen LogP) is -1.05. The molecule has 130 valence electrons. The number of rotatable bonds is 2. The van der Waals surface area contributed by atoms with E-state index in [9.17, 15) is 19.2 Å². The zero-order valence-corrected chi connectivity index (χ0v) is 14.3. The maximum atomic E-state index is 12.6. The third-order valence-corrected chi connectivity index (χ3v) is 3.72. The monoisotopic (exact) mass is 327 g/mol. The molecule has 0 saturated carbocycles. The Balaban J connectivity index is 3.13. The summed E-state index contributed by atoms with van der Waals surface area (Å²) in [5, 5.41) is 5.01. The van der Waals surface area contributed by atoms with Crippen molar-refractivity contribution in [2.45, 2.75) is 39.3 Å². The first-order valence-corrected chi connectivity index (χ1v) is 7.58. The predicted molar refractivity (Wildman–Crippen MR) is 84.3 cm³/mol. The van der Waals surface area contributed by atoms with Crippen LogP contribution in [0.4, 0.5) is 0 Å². The number of likely N-dealkylation sites (N-methyl/N-ethyl adjacent to an activating group) is 2. The van der Waals surface area contributed by atoms with E-state index in [1.807, 2.05) is 13.8 Å². The molecule has 3 atom stereocenters. The van der Waals surface area contributed by atoms with Crippen molar-refractivity contribution in [3.05, 3.63) is 0 Å². The van der Waals surface area contributed by atoms with E-state index in [1.165, 1.54) is 21.0 Å². The van der Waals surface area contributed by atoms with Crippen molar-refractivity contribution in [2.24, 2.45) is 5.92 Å². The number of carbonyl (C=O) groups excluding carboxylic acids is 4. The molecule has 1 rings (SSSR count). The largest absolute Gasteiger partial charge is 0.345 e. The van der Waals surface area contributed by atoms with Crippen LogP contribution < -0.4 is 10.6 Å². The van der Waals surface area contributed by atoms with Gasteiger partial charge in [0.25, 0.3) is 0 Å². The lowest BCUT2D eigenvalue weighted by Gasteiger charge is -2.30. The van der Waals surface area contributed by atoms with E-state index < -0.39 is 42.2 Å². The highest BCUT2D eigenvalue weighted by Gasteiger charge is 2.30. The van der Waals surface area contributed by atoms with Crippen LogP contribution in [0.2, 0.25) is 0 Å². The lowest BCUT2D eigenvalue weighted by atomic mass is 10.0. The normalized spacial score (nSPS) is 28.8. The van der Waals surface area contributed by atoms with Crippen molar-refractivity contribution in [3.63, 3.8) is 0 Å². The molecule has 0 aromatic rings. The summed E-state index contributed by atoms with van der Waals surface area (Å²) in [5.74, 6) is -2.03. The minimum Gasteiger partial charge on any atom is -0.345 e. The molecular weight excluding hydrogens is 300 g/mol. The molecule has 8 heteroatoms. The van der Waals surface area contributed by atoms with E-state index in [-0.39, 0.29) is 12.5 Å². The van der Waals surface area contributed by atoms with Crippen LogP contribution in [0.1, 0.15) is 28.6 Å². The molecule has 1 aliphatic rings. The summed E-state index contributed by atoms with van der Waals surface area (Å²) in [6, 6.07) is -1.70. The second-order valence-electron chi connectivity index (χ2n) is 6.17. The Bertz CT molecular complexity index is 526. The van der Waals surface area contributed by atoms with Crippen molar-refractivity contribution in [3.8, 4) is 0 Å². The van der Waals surface area contributed by atoms with Gasteiger partial charge in [0.15, 0.2) is 0 Å². The quantitative estimate of drug-likeness (QED) is 0.676. The third-order valence-electron chi connectivity index (χ3n) is 3.72. The first kappa shape index (κ1) is 17.2. The zero-order chi connectivity index (χ0) is 18.6. The number of hydrogen-bond donors (Lipinski definition) is 2. The van der Waals surface area contributed by atoms with Gasteiger partial charge >= 0.3 is 0 Å². The summed E-state index contributed by atoms with van der Waals surface area (Å²) in [5.41, 5.74) is 0. The standard InChI is InChI=1S/C15H26N4O4/c1-9(2)6-11-15(23)18(4)8-13(21)19(5)10(3)14(22)16-7-12(20)17-11/h9-11H,6-8H2,1-5H3,(H,16,22)(H,17,20)/t10-,11+/m1/s1/i8D/t8-,10+,11-/m0. The van der Waals surface area contributed by atoms with Crippen molar-refractivity contribution in [1.82, 2.24) is 20.4 Å². The van der Waals surface area contributed by atoms with E-state index >= 15 is 0 Å². The van der Waals surface area contributed by atoms with Gasteiger partial charge in [-0.1, -0.05) is 13.8 Å². The highest BCUT2D eigenvalue weighted by atomic mass is 16.2. The van der Waals surface area contributed by atoms with Gasteiger partial charge in [-0.2, -0.15) is 0 Å². The van der Waals surface area contributed by atoms with Crippen LogP contribution in [0.15, 0.2) is 0 Å². The average Bonchev–Trinajstić information content (AvgIpc) is 2.53. The summed E-state index contributed by atoms with van der Waals surface area (Å²) >= 11 is 0. The van der Waals surface area contributed by atoms with Crippen LogP contribution >= 0.6 is 0 Å². The molecule has 1 saturated heterocycles. The van der Waals surface area contributed by atoms with E-state index in [0.29, 0.717) is 6.42 Å². The van der Waals surface area contributed by atoms with Gasteiger partial charge in [0.2, 0.25) is 23.6 Å². The summed E-state index contributed by atoms with van der Waals surface area (Å²) in [7, 11) is 2.74. The molecule has 23 heavy (non-hydrogen) atoms. The highest BCUT2D eigenvalue weighted by Crippen LogP contribution is 2.08. The second-order valence-corrected chi connectivity index (χ2v) is 6.17. The van der Waals surface area contributed by atoms with Crippen LogP contribution in [0.25, 0.3) is 0 Å². The summed E-state index contributed by atoms with van der Waals surface area (Å²) in [4.78, 5) is 51.0. The first-order chi connectivity index (χ1) is 11.1. The SMILES string of the molecule is [2H][C@H]1C(=O)N(C)[C@H](C)C(=O)NCC(=O)N[C@@H](CC(C)C)C(=O)N1C. The molecule has 0 radical (unpaired) electrons. The van der Waals surface area contributed by atoms with Gasteiger partial charge in [0.05, 0.1) is 14.4 Å². The number of nitrogens with one attached hydrogen (secondary N) is 2. The fourth-order valence-corrected chi connectivity index (χ4v) is 2.19. The molecule has 1 heterocycles. The van der Waals surface area contributed by atoms with Crippen molar-refractivity contribution in [2.75, 3.05) is 27.2 Å². The molecule has 0 spiro atoms. The van der Waals surface area contributed by atoms with Crippen LogP contribution in [0.3, 0.4) is 0 Å². The molecule has 8 nitrogen and oxygen atoms in total. The van der Waals surface area contributed by atoms with Gasteiger partial charge in [0.1, 0.15) is 12.1 Å². The minimum absolute atomic E-state index is 0.123. The van der Waals surface area contributed by atoms with Crippen molar-refractivity contribution < 1.29 is 20.5 Å². The lowest BCUT2D eigenvalue weighted by molar-refractivity contribution is -0.145. The van der Waals surface area contributed by atoms with Gasteiger partial charge in [-0.05, 0) is 19.3 Å². The number of hydrogen-bond acceptors (Lipinski definition) is 4. The maximum Gasteiger partial charge on any atom is 0.245 e. The van der Waals surface area contributed by atoms with Crippen LogP contribution in [0.5, 0.6) is 0 Å². The summed E-state index contributed by atoms with van der Waals surface area (Å²) in [6.07, 6.45) is 0.371. The maximum absolute atomic E-state index is 12.6. The van der Waals surface area contributed by atoms with Crippen molar-refractivity contribution >= 4 is 23.6 Å².